The molecule has 0 aromatic heterocycles. The third-order valence-electron chi connectivity index (χ3n) is 3.60. The number of ether oxygens (including phenoxy) is 2. The van der Waals surface area contributed by atoms with Gasteiger partial charge in [-0.15, -0.1) is 0 Å². The summed E-state index contributed by atoms with van der Waals surface area (Å²) in [4.78, 5) is 11.8. The summed E-state index contributed by atoms with van der Waals surface area (Å²) < 4.78 is 200. The number of alkyl halides is 1. The lowest BCUT2D eigenvalue weighted by atomic mass is 10.0. The summed E-state index contributed by atoms with van der Waals surface area (Å²) in [5.41, 5.74) is -6.81. The summed E-state index contributed by atoms with van der Waals surface area (Å²) in [6.07, 6.45) is -6.42. The normalized spacial score (nSPS) is 35.2. The van der Waals surface area contributed by atoms with Crippen molar-refractivity contribution >= 4 is 37.7 Å². The molecule has 0 bridgehead atoms. The Morgan fingerprint density at radius 1 is 1.34 bits per heavy atom. The zero-order valence-corrected chi connectivity index (χ0v) is 18.6. The molecule has 3 rings (SSSR count). The van der Waals surface area contributed by atoms with Gasteiger partial charge in [0.15, 0.2) is 1.41 Å². The highest BCUT2D eigenvalue weighted by molar-refractivity contribution is 9.08. The molecule has 32 heavy (non-hydrogen) atoms. The lowest BCUT2D eigenvalue weighted by Gasteiger charge is -2.26. The van der Waals surface area contributed by atoms with E-state index in [1.54, 1.807) is 0 Å². The molecule has 5 unspecified atom stereocenters. The molecule has 0 aliphatic carbocycles. The molecule has 2 aromatic carbocycles. The summed E-state index contributed by atoms with van der Waals surface area (Å²) >= 11 is 2.54. The number of hydrogen-bond donors (Lipinski definition) is 1. The van der Waals surface area contributed by atoms with Crippen molar-refractivity contribution in [3.05, 3.63) is 52.9 Å². The molecular weight excluding hydrogens is 496 g/mol. The number of nitrogens with zero attached hydrogens (tertiary/aromatic N) is 1. The van der Waals surface area contributed by atoms with Gasteiger partial charge in [-0.3, -0.25) is 4.72 Å². The van der Waals surface area contributed by atoms with E-state index in [2.05, 4.69) is 15.9 Å². The van der Waals surface area contributed by atoms with Crippen molar-refractivity contribution in [1.29, 1.82) is 0 Å². The number of halogens is 1. The lowest BCUT2D eigenvalue weighted by molar-refractivity contribution is 0.0258. The SMILES string of the molecule is [2H]CC(C)(OC(=O)N1C([2H])C([2H])c2c([2H])c(OC([2H])([2H])[2H])c(N([2H])S(=O)(=O)c3c([2H])c([2H])c(C([2H])([2H])Br)c([2H])c3[2H])c([2H])c2C([2H])C1[2H])C([2H])([2H])[2H]. The predicted molar refractivity (Wildman–Crippen MR) is 128 cm³/mol. The van der Waals surface area contributed by atoms with Gasteiger partial charge in [-0.05, 0) is 74.3 Å². The molecule has 1 amide bonds. The summed E-state index contributed by atoms with van der Waals surface area (Å²) in [5, 5.41) is -2.72. The molecule has 9 heteroatoms. The van der Waals surface area contributed by atoms with Crippen molar-refractivity contribution in [2.45, 2.75) is 49.2 Å². The van der Waals surface area contributed by atoms with E-state index in [1.165, 1.54) is 0 Å². The van der Waals surface area contributed by atoms with Crippen LogP contribution in [0.2, 0.25) is 1.41 Å². The molecule has 174 valence electrons. The topological polar surface area (TPSA) is 84.9 Å². The van der Waals surface area contributed by atoms with Gasteiger partial charge in [-0.1, -0.05) is 28.0 Å². The van der Waals surface area contributed by atoms with Crippen LogP contribution in [0.3, 0.4) is 0 Å². The molecule has 0 radical (unpaired) electrons. The van der Waals surface area contributed by atoms with Crippen molar-refractivity contribution < 1.29 is 50.1 Å². The number of methoxy groups -OCH3 is 1. The number of rotatable bonds is 5. The van der Waals surface area contributed by atoms with Crippen LogP contribution in [0.15, 0.2) is 41.1 Å². The van der Waals surface area contributed by atoms with Crippen molar-refractivity contribution in [3.8, 4) is 5.75 Å². The second-order valence-electron chi connectivity index (χ2n) is 6.36. The molecule has 1 heterocycles. The van der Waals surface area contributed by atoms with Crippen LogP contribution in [0.25, 0.3) is 0 Å². The first-order valence-electron chi connectivity index (χ1n) is 19.0. The second kappa shape index (κ2) is 9.70. The smallest absolute Gasteiger partial charge is 0.410 e. The molecule has 7 nitrogen and oxygen atoms in total. The number of carbonyl (C=O) groups is 1. The van der Waals surface area contributed by atoms with Crippen LogP contribution < -0.4 is 9.45 Å². The fourth-order valence-corrected chi connectivity index (χ4v) is 3.29. The van der Waals surface area contributed by atoms with Crippen LogP contribution >= 0.6 is 15.9 Å². The largest absolute Gasteiger partial charge is 0.495 e. The molecular formula is C23H29BrN2O5S. The predicted octanol–water partition coefficient (Wildman–Crippen LogP) is 4.73. The van der Waals surface area contributed by atoms with E-state index >= 15 is 0 Å². The van der Waals surface area contributed by atoms with Gasteiger partial charge in [0.05, 0.1) is 30.0 Å². The monoisotopic (exact) mass is 544 g/mol. The zero-order chi connectivity index (χ0) is 40.6. The highest BCUT2D eigenvalue weighted by Gasteiger charge is 2.25. The van der Waals surface area contributed by atoms with E-state index in [-0.39, 0.29) is 4.90 Å². The molecule has 5 atom stereocenters. The second-order valence-corrected chi connectivity index (χ2v) is 8.30. The minimum absolute atomic E-state index is 0.0986. The summed E-state index contributed by atoms with van der Waals surface area (Å²) in [7, 11) is -9.39. The van der Waals surface area contributed by atoms with Crippen molar-refractivity contribution in [1.82, 2.24) is 4.90 Å². The third kappa shape index (κ3) is 5.95. The van der Waals surface area contributed by atoms with Crippen molar-refractivity contribution in [2.75, 3.05) is 24.8 Å². The number of sulfonamides is 1. The Bertz CT molecular complexity index is 1840. The first-order valence-corrected chi connectivity index (χ1v) is 10.7. The number of fused-ring (bicyclic) bond motifs is 1. The van der Waals surface area contributed by atoms with Crippen molar-refractivity contribution in [3.63, 3.8) is 0 Å². The molecule has 1 aliphatic rings. The molecule has 2 aromatic rings. The van der Waals surface area contributed by atoms with Gasteiger partial charge in [0.2, 0.25) is 0 Å². The van der Waals surface area contributed by atoms with E-state index in [1.807, 2.05) is 0 Å². The Kier molecular flexibility index (Phi) is 2.78. The van der Waals surface area contributed by atoms with Gasteiger partial charge in [-0.25, -0.2) is 13.2 Å². The number of benzene rings is 2. The molecule has 0 spiro atoms. The summed E-state index contributed by atoms with van der Waals surface area (Å²) in [6.45, 7) is -8.04. The van der Waals surface area contributed by atoms with Crippen LogP contribution in [0.5, 0.6) is 5.75 Å². The molecule has 1 N–H and O–H groups in total. The summed E-state index contributed by atoms with van der Waals surface area (Å²) in [5.74, 6) is -1.44. The van der Waals surface area contributed by atoms with Gasteiger partial charge in [0.1, 0.15) is 11.4 Å². The number of amides is 1. The molecule has 0 saturated carbocycles. The van der Waals surface area contributed by atoms with E-state index in [0.29, 0.717) is 0 Å². The Morgan fingerprint density at radius 2 is 2.03 bits per heavy atom. The van der Waals surface area contributed by atoms with E-state index in [0.717, 1.165) is 6.92 Å². The first-order chi connectivity index (χ1) is 23.3. The maximum Gasteiger partial charge on any atom is 0.410 e. The third-order valence-corrected chi connectivity index (χ3v) is 5.14. The van der Waals surface area contributed by atoms with Crippen LogP contribution in [0.4, 0.5) is 10.5 Å². The van der Waals surface area contributed by atoms with Crippen LogP contribution in [-0.2, 0) is 32.8 Å². The summed E-state index contributed by atoms with van der Waals surface area (Å²) in [6, 6.07) is -7.90. The van der Waals surface area contributed by atoms with Gasteiger partial charge >= 0.3 is 6.09 Å². The lowest BCUT2D eigenvalue weighted by Crippen LogP contribution is -2.38. The maximum atomic E-state index is 13.9. The highest BCUT2D eigenvalue weighted by Crippen LogP contribution is 2.32. The van der Waals surface area contributed by atoms with Crippen molar-refractivity contribution in [2.24, 2.45) is 0 Å². The van der Waals surface area contributed by atoms with E-state index in [4.69, 9.17) is 36.9 Å². The Morgan fingerprint density at radius 3 is 2.62 bits per heavy atom. The Hall–Kier alpha value is -2.26. The van der Waals surface area contributed by atoms with Gasteiger partial charge in [0.25, 0.3) is 10.0 Å². The number of carbonyl (C=O) groups excluding carboxylic acids is 1. The van der Waals surface area contributed by atoms with Crippen LogP contribution in [-0.4, -0.2) is 45.1 Å². The standard InChI is InChI=1S/C23H29BrN2O5S/c1-23(2,3)31-22(27)26-11-9-17-13-20(21(30-4)14-18(17)10-12-26)25-32(28,29)19-7-5-16(15-24)6-8-19/h5-8,13-14,25H,9-12,15H2,1-4H3/i1D,2D3,4D3,5D,6D,7D,8D,9D,10D,11D,12D,13D,14D,15D2/hD. The Labute approximate surface area is 226 Å². The van der Waals surface area contributed by atoms with E-state index in [9.17, 15) is 13.2 Å². The van der Waals surface area contributed by atoms with Gasteiger partial charge < -0.3 is 14.4 Å². The van der Waals surface area contributed by atoms with E-state index < -0.39 is 148 Å². The average molecular weight is 546 g/mol. The minimum atomic E-state index is -5.80. The minimum Gasteiger partial charge on any atom is -0.495 e. The highest BCUT2D eigenvalue weighted by atomic mass is 79.9. The molecule has 0 saturated heterocycles. The fraction of sp³-hybridized carbons (Fsp3) is 0.435. The maximum absolute atomic E-state index is 13.9. The van der Waals surface area contributed by atoms with Gasteiger partial charge in [-0.2, -0.15) is 0 Å². The average Bonchev–Trinajstić information content (AvgIpc) is 3.05. The fourth-order valence-electron chi connectivity index (χ4n) is 2.27. The van der Waals surface area contributed by atoms with Gasteiger partial charge in [0, 0.05) is 32.0 Å². The molecule has 0 fully saturated rings. The number of anilines is 1. The van der Waals surface area contributed by atoms with Crippen LogP contribution in [0, 0.1) is 0 Å². The number of hydrogen-bond acceptors (Lipinski definition) is 5. The quantitative estimate of drug-likeness (QED) is 0.550. The zero-order valence-electron chi connectivity index (χ0n) is 36.2. The number of nitrogens with one attached hydrogen (secondary N) is 1. The molecule has 1 aliphatic heterocycles. The Balaban J connectivity index is 2.40. The van der Waals surface area contributed by atoms with Crippen LogP contribution in [0.1, 0.15) is 63.4 Å². The first kappa shape index (κ1) is 9.18.